The molecule has 1 aromatic heterocycles. The predicted octanol–water partition coefficient (Wildman–Crippen LogP) is 4.42. The molecule has 0 aromatic carbocycles. The van der Waals surface area contributed by atoms with Gasteiger partial charge in [0.05, 0.1) is 0 Å². The third kappa shape index (κ3) is 2.85. The lowest BCUT2D eigenvalue weighted by atomic mass is 9.80. The molecular formula is C14H18ClN. The number of hydrogen-bond donors (Lipinski definition) is 0. The van der Waals surface area contributed by atoms with E-state index in [4.69, 9.17) is 11.6 Å². The van der Waals surface area contributed by atoms with Gasteiger partial charge in [0.25, 0.3) is 0 Å². The molecule has 1 aromatic rings. The highest BCUT2D eigenvalue weighted by molar-refractivity contribution is 6.25. The summed E-state index contributed by atoms with van der Waals surface area (Å²) in [5, 5.41) is 0. The van der Waals surface area contributed by atoms with Gasteiger partial charge < -0.3 is 0 Å². The quantitative estimate of drug-likeness (QED) is 0.740. The maximum atomic E-state index is 5.61. The molecule has 86 valence electrons. The fourth-order valence-corrected chi connectivity index (χ4v) is 2.64. The van der Waals surface area contributed by atoms with E-state index in [1.807, 2.05) is 6.20 Å². The highest BCUT2D eigenvalue weighted by Crippen LogP contribution is 2.35. The summed E-state index contributed by atoms with van der Waals surface area (Å²) in [5.74, 6) is 1.33. The molecular weight excluding hydrogens is 218 g/mol. The fraction of sp³-hybridized carbons (Fsp3) is 0.500. The zero-order chi connectivity index (χ0) is 11.4. The van der Waals surface area contributed by atoms with Crippen molar-refractivity contribution in [2.75, 3.05) is 0 Å². The minimum Gasteiger partial charge on any atom is -0.261 e. The second-order valence-electron chi connectivity index (χ2n) is 4.69. The Bertz CT molecular complexity index is 348. The van der Waals surface area contributed by atoms with Crippen LogP contribution in [0.5, 0.6) is 0 Å². The Morgan fingerprint density at radius 1 is 1.25 bits per heavy atom. The van der Waals surface area contributed by atoms with Gasteiger partial charge in [0.2, 0.25) is 0 Å². The van der Waals surface area contributed by atoms with Crippen LogP contribution in [0.2, 0.25) is 0 Å². The maximum absolute atomic E-state index is 5.61. The fourth-order valence-electron chi connectivity index (χ4n) is 2.43. The first-order valence-corrected chi connectivity index (χ1v) is 6.42. The summed E-state index contributed by atoms with van der Waals surface area (Å²) in [7, 11) is 0. The molecule has 0 bridgehead atoms. The third-order valence-electron chi connectivity index (χ3n) is 3.47. The Morgan fingerprint density at radius 2 is 2.00 bits per heavy atom. The highest BCUT2D eigenvalue weighted by atomic mass is 35.5. The number of allylic oxidation sites excluding steroid dienone is 1. The molecule has 1 aliphatic rings. The van der Waals surface area contributed by atoms with E-state index in [-0.39, 0.29) is 0 Å². The summed E-state index contributed by atoms with van der Waals surface area (Å²) in [5.41, 5.74) is 4.16. The van der Waals surface area contributed by atoms with Crippen LogP contribution in [0.4, 0.5) is 0 Å². The molecule has 1 aliphatic carbocycles. The standard InChI is InChI=1S/C14H18ClN/c1-11-2-7-14(16-10-11)13-5-3-12(4-6-13)8-9-15/h2,7-10,12-13H,3-6H2,1H3. The molecule has 0 aliphatic heterocycles. The van der Waals surface area contributed by atoms with Crippen molar-refractivity contribution in [2.45, 2.75) is 38.5 Å². The van der Waals surface area contributed by atoms with Crippen LogP contribution in [0.3, 0.4) is 0 Å². The topological polar surface area (TPSA) is 12.9 Å². The van der Waals surface area contributed by atoms with E-state index < -0.39 is 0 Å². The van der Waals surface area contributed by atoms with E-state index >= 15 is 0 Å². The highest BCUT2D eigenvalue weighted by Gasteiger charge is 2.21. The van der Waals surface area contributed by atoms with Crippen molar-refractivity contribution in [3.8, 4) is 0 Å². The normalized spacial score (nSPS) is 26.1. The first-order chi connectivity index (χ1) is 7.79. The van der Waals surface area contributed by atoms with Crippen molar-refractivity contribution in [2.24, 2.45) is 5.92 Å². The lowest BCUT2D eigenvalue weighted by Crippen LogP contribution is -2.12. The average molecular weight is 236 g/mol. The average Bonchev–Trinajstić information content (AvgIpc) is 2.32. The SMILES string of the molecule is Cc1ccc(C2CCC(C=CCl)CC2)nc1. The Kier molecular flexibility index (Phi) is 4.00. The van der Waals surface area contributed by atoms with Crippen LogP contribution in [0.25, 0.3) is 0 Å². The van der Waals surface area contributed by atoms with Crippen molar-refractivity contribution >= 4 is 11.6 Å². The van der Waals surface area contributed by atoms with Gasteiger partial charge in [-0.2, -0.15) is 0 Å². The molecule has 1 saturated carbocycles. The first kappa shape index (κ1) is 11.7. The number of hydrogen-bond acceptors (Lipinski definition) is 1. The van der Waals surface area contributed by atoms with E-state index in [1.165, 1.54) is 36.9 Å². The van der Waals surface area contributed by atoms with Gasteiger partial charge in [0, 0.05) is 23.3 Å². The summed E-state index contributed by atoms with van der Waals surface area (Å²) in [6.45, 7) is 2.08. The Morgan fingerprint density at radius 3 is 2.56 bits per heavy atom. The van der Waals surface area contributed by atoms with Gasteiger partial charge in [0.15, 0.2) is 0 Å². The molecule has 1 fully saturated rings. The minimum atomic E-state index is 0.653. The first-order valence-electron chi connectivity index (χ1n) is 5.99. The van der Waals surface area contributed by atoms with Crippen LogP contribution >= 0.6 is 11.6 Å². The number of aromatic nitrogens is 1. The number of pyridine rings is 1. The third-order valence-corrected chi connectivity index (χ3v) is 3.61. The van der Waals surface area contributed by atoms with Gasteiger partial charge in [0.1, 0.15) is 0 Å². The lowest BCUT2D eigenvalue weighted by Gasteiger charge is -2.26. The summed E-state index contributed by atoms with van der Waals surface area (Å²) < 4.78 is 0. The van der Waals surface area contributed by atoms with Crippen molar-refractivity contribution < 1.29 is 0 Å². The largest absolute Gasteiger partial charge is 0.261 e. The minimum absolute atomic E-state index is 0.653. The second-order valence-corrected chi connectivity index (χ2v) is 4.94. The molecule has 0 atom stereocenters. The molecule has 2 heteroatoms. The van der Waals surface area contributed by atoms with Crippen molar-refractivity contribution in [3.05, 3.63) is 41.2 Å². The molecule has 16 heavy (non-hydrogen) atoms. The summed E-state index contributed by atoms with van der Waals surface area (Å²) in [6.07, 6.45) is 9.05. The number of nitrogens with zero attached hydrogens (tertiary/aromatic N) is 1. The van der Waals surface area contributed by atoms with E-state index in [0.29, 0.717) is 11.8 Å². The van der Waals surface area contributed by atoms with Crippen molar-refractivity contribution in [3.63, 3.8) is 0 Å². The zero-order valence-corrected chi connectivity index (χ0v) is 10.5. The van der Waals surface area contributed by atoms with Gasteiger partial charge in [-0.25, -0.2) is 0 Å². The van der Waals surface area contributed by atoms with Gasteiger partial charge in [-0.15, -0.1) is 0 Å². The smallest absolute Gasteiger partial charge is 0.0434 e. The van der Waals surface area contributed by atoms with E-state index in [1.54, 1.807) is 5.54 Å². The summed E-state index contributed by atoms with van der Waals surface area (Å²) in [6, 6.07) is 4.34. The molecule has 0 saturated heterocycles. The number of halogens is 1. The maximum Gasteiger partial charge on any atom is 0.0434 e. The number of aryl methyl sites for hydroxylation is 1. The van der Waals surface area contributed by atoms with E-state index in [9.17, 15) is 0 Å². The molecule has 0 N–H and O–H groups in total. The summed E-state index contributed by atoms with van der Waals surface area (Å²) in [4.78, 5) is 4.53. The van der Waals surface area contributed by atoms with Gasteiger partial charge in [-0.1, -0.05) is 23.7 Å². The van der Waals surface area contributed by atoms with Crippen LogP contribution in [0, 0.1) is 12.8 Å². The van der Waals surface area contributed by atoms with Gasteiger partial charge in [-0.3, -0.25) is 4.98 Å². The Hall–Kier alpha value is -0.820. The monoisotopic (exact) mass is 235 g/mol. The zero-order valence-electron chi connectivity index (χ0n) is 9.70. The van der Waals surface area contributed by atoms with Crippen LogP contribution in [0.15, 0.2) is 29.9 Å². The molecule has 0 unspecified atom stereocenters. The molecule has 0 amide bonds. The van der Waals surface area contributed by atoms with Gasteiger partial charge in [-0.05, 0) is 50.2 Å². The van der Waals surface area contributed by atoms with E-state index in [2.05, 4.69) is 30.1 Å². The van der Waals surface area contributed by atoms with Crippen LogP contribution in [0.1, 0.15) is 42.9 Å². The summed E-state index contributed by atoms with van der Waals surface area (Å²) >= 11 is 5.61. The van der Waals surface area contributed by atoms with E-state index in [0.717, 1.165) is 0 Å². The van der Waals surface area contributed by atoms with Gasteiger partial charge >= 0.3 is 0 Å². The van der Waals surface area contributed by atoms with Crippen molar-refractivity contribution in [1.29, 1.82) is 0 Å². The molecule has 1 nitrogen and oxygen atoms in total. The second kappa shape index (κ2) is 5.49. The number of rotatable bonds is 2. The molecule has 0 spiro atoms. The predicted molar refractivity (Wildman–Crippen MR) is 68.7 cm³/mol. The van der Waals surface area contributed by atoms with Crippen LogP contribution in [-0.4, -0.2) is 4.98 Å². The van der Waals surface area contributed by atoms with Crippen LogP contribution < -0.4 is 0 Å². The lowest BCUT2D eigenvalue weighted by molar-refractivity contribution is 0.371. The molecule has 2 rings (SSSR count). The van der Waals surface area contributed by atoms with Crippen molar-refractivity contribution in [1.82, 2.24) is 4.98 Å². The van der Waals surface area contributed by atoms with Crippen LogP contribution in [-0.2, 0) is 0 Å². The molecule has 0 radical (unpaired) electrons. The molecule has 1 heterocycles. The Balaban J connectivity index is 1.96. The Labute approximate surface area is 103 Å².